The van der Waals surface area contributed by atoms with Gasteiger partial charge < -0.3 is 25.2 Å². The number of carboxylic acids is 1. The fourth-order valence-corrected chi connectivity index (χ4v) is 3.51. The maximum atomic E-state index is 12.0. The number of aliphatic carboxylic acids is 1. The summed E-state index contributed by atoms with van der Waals surface area (Å²) < 4.78 is 0. The van der Waals surface area contributed by atoms with Gasteiger partial charge in [0.1, 0.15) is 0 Å². The third-order valence-electron chi connectivity index (χ3n) is 3.73. The van der Waals surface area contributed by atoms with E-state index in [-0.39, 0.29) is 65.6 Å². The summed E-state index contributed by atoms with van der Waals surface area (Å²) in [4.78, 5) is 36.1. The molecule has 0 radical (unpaired) electrons. The zero-order valence-electron chi connectivity index (χ0n) is 13.1. The summed E-state index contributed by atoms with van der Waals surface area (Å²) in [6, 6.07) is -0.214. The Bertz CT molecular complexity index is 563. The van der Waals surface area contributed by atoms with E-state index in [0.717, 1.165) is 11.8 Å². The largest absolute Gasteiger partial charge is 1.00 e. The van der Waals surface area contributed by atoms with Gasteiger partial charge in [0.15, 0.2) is 0 Å². The van der Waals surface area contributed by atoms with Crippen molar-refractivity contribution in [1.82, 2.24) is 10.2 Å². The van der Waals surface area contributed by atoms with E-state index in [2.05, 4.69) is 5.32 Å². The number of carbonyl (C=O) groups is 3. The number of hydrogen-bond acceptors (Lipinski definition) is 6. The van der Waals surface area contributed by atoms with E-state index in [1.807, 2.05) is 0 Å². The first-order valence-corrected chi connectivity index (χ1v) is 7.88. The molecule has 23 heavy (non-hydrogen) atoms. The van der Waals surface area contributed by atoms with E-state index in [0.29, 0.717) is 24.2 Å². The number of amides is 2. The van der Waals surface area contributed by atoms with E-state index in [1.165, 1.54) is 11.1 Å². The number of β-lactam (4-membered cyclic amide) rings is 1. The molecule has 7 nitrogen and oxygen atoms in total. The number of fused-ring (bicyclic) bond motifs is 1. The molecule has 2 amide bonds. The third kappa shape index (κ3) is 4.19. The molecule has 2 heterocycles. The number of nitrogens with zero attached hydrogens (tertiary/aromatic N) is 1. The Morgan fingerprint density at radius 3 is 2.78 bits per heavy atom. The average Bonchev–Trinajstić information content (AvgIpc) is 2.84. The van der Waals surface area contributed by atoms with E-state index >= 15 is 0 Å². The molecule has 0 saturated carbocycles. The number of thioether (sulfide) groups is 1. The molecule has 0 unspecified atom stereocenters. The van der Waals surface area contributed by atoms with Gasteiger partial charge in [0.05, 0.1) is 23.6 Å². The first kappa shape index (κ1) is 20.2. The zero-order valence-corrected chi connectivity index (χ0v) is 15.9. The van der Waals surface area contributed by atoms with Crippen molar-refractivity contribution in [2.45, 2.75) is 32.2 Å². The molecule has 1 fully saturated rings. The number of carbonyl (C=O) groups excluding carboxylic acids is 3. The van der Waals surface area contributed by atoms with Crippen molar-refractivity contribution in [3.63, 3.8) is 0 Å². The van der Waals surface area contributed by atoms with Crippen molar-refractivity contribution in [3.8, 4) is 0 Å². The minimum absolute atomic E-state index is 0. The number of nitrogens with one attached hydrogen (secondary N) is 1. The quantitative estimate of drug-likeness (QED) is 0.362. The second-order valence-corrected chi connectivity index (χ2v) is 6.00. The molecule has 0 aliphatic carbocycles. The van der Waals surface area contributed by atoms with Crippen molar-refractivity contribution in [1.29, 1.82) is 0 Å². The van der Waals surface area contributed by atoms with Crippen LogP contribution < -0.4 is 40.0 Å². The van der Waals surface area contributed by atoms with Gasteiger partial charge in [-0.1, -0.05) is 18.7 Å². The van der Waals surface area contributed by atoms with Gasteiger partial charge in [-0.15, -0.1) is 0 Å². The smallest absolute Gasteiger partial charge is 0.543 e. The summed E-state index contributed by atoms with van der Waals surface area (Å²) in [5.41, 5.74) is -0.0966. The average molecular weight is 348 g/mol. The van der Waals surface area contributed by atoms with Gasteiger partial charge in [0, 0.05) is 30.6 Å². The van der Waals surface area contributed by atoms with Crippen LogP contribution in [0.25, 0.3) is 0 Å². The maximum absolute atomic E-state index is 12.0. The van der Waals surface area contributed by atoms with Crippen LogP contribution in [0, 0.1) is 5.92 Å². The Morgan fingerprint density at radius 2 is 2.22 bits per heavy atom. The van der Waals surface area contributed by atoms with Gasteiger partial charge in [-0.2, -0.15) is 0 Å². The molecule has 0 spiro atoms. The van der Waals surface area contributed by atoms with Crippen LogP contribution in [0.2, 0.25) is 0 Å². The zero-order chi connectivity index (χ0) is 16.3. The fraction of sp³-hybridized carbons (Fsp3) is 0.500. The van der Waals surface area contributed by atoms with Crippen LogP contribution in [0.3, 0.4) is 0 Å². The van der Waals surface area contributed by atoms with Crippen molar-refractivity contribution in [3.05, 3.63) is 22.2 Å². The molecule has 0 bridgehead atoms. The van der Waals surface area contributed by atoms with Gasteiger partial charge >= 0.3 is 29.6 Å². The van der Waals surface area contributed by atoms with E-state index in [1.54, 1.807) is 12.3 Å². The Balaban J connectivity index is 0.00000264. The van der Waals surface area contributed by atoms with Gasteiger partial charge in [-0.3, -0.25) is 9.59 Å². The van der Waals surface area contributed by atoms with Crippen LogP contribution in [-0.4, -0.2) is 40.4 Å². The van der Waals surface area contributed by atoms with E-state index < -0.39 is 5.97 Å². The van der Waals surface area contributed by atoms with Crippen LogP contribution in [0.15, 0.2) is 22.2 Å². The predicted octanol–water partition coefficient (Wildman–Crippen LogP) is -3.70. The van der Waals surface area contributed by atoms with Crippen LogP contribution in [-0.2, 0) is 14.4 Å². The molecule has 9 heteroatoms. The summed E-state index contributed by atoms with van der Waals surface area (Å²) in [6.07, 6.45) is 2.56. The molecular formula is C14H17N2NaO5S. The standard InChI is InChI=1S/C14H18N2O5S.Na/c1-2-11(18)15-4-6-22-10-7-9-8(3-5-17)13(19)16(9)12(10)14(20)21;/h4,6,8-9,17H,2-3,5,7H2,1H3,(H,15,18)(H,20,21);/q;+1/p-1/t8-,9+;/m0./s1. The van der Waals surface area contributed by atoms with E-state index in [4.69, 9.17) is 5.11 Å². The fourth-order valence-electron chi connectivity index (χ4n) is 2.65. The predicted molar refractivity (Wildman–Crippen MR) is 77.6 cm³/mol. The Labute approximate surface area is 160 Å². The molecule has 2 aliphatic heterocycles. The normalized spacial score (nSPS) is 22.7. The van der Waals surface area contributed by atoms with Crippen molar-refractivity contribution < 1.29 is 54.2 Å². The SMILES string of the molecule is CCC(=O)NC=CSC1=C(C(=O)[O-])N2C(=O)[C@@H](CCO)[C@H]2C1.[Na+]. The molecule has 1 saturated heterocycles. The minimum Gasteiger partial charge on any atom is -0.543 e. The van der Waals surface area contributed by atoms with Gasteiger partial charge in [0.25, 0.3) is 0 Å². The summed E-state index contributed by atoms with van der Waals surface area (Å²) in [5, 5.41) is 24.3. The van der Waals surface area contributed by atoms with Crippen LogP contribution >= 0.6 is 11.8 Å². The summed E-state index contributed by atoms with van der Waals surface area (Å²) in [7, 11) is 0. The molecule has 0 aromatic rings. The first-order chi connectivity index (χ1) is 10.5. The van der Waals surface area contributed by atoms with Gasteiger partial charge in [0.2, 0.25) is 11.8 Å². The maximum Gasteiger partial charge on any atom is 1.00 e. The molecule has 0 aromatic heterocycles. The molecular weight excluding hydrogens is 331 g/mol. The molecule has 0 aromatic carbocycles. The topological polar surface area (TPSA) is 110 Å². The van der Waals surface area contributed by atoms with Crippen molar-refractivity contribution in [2.75, 3.05) is 6.61 Å². The second kappa shape index (κ2) is 8.89. The van der Waals surface area contributed by atoms with Crippen LogP contribution in [0.1, 0.15) is 26.2 Å². The second-order valence-electron chi connectivity index (χ2n) is 5.00. The van der Waals surface area contributed by atoms with Gasteiger partial charge in [-0.05, 0) is 11.8 Å². The van der Waals surface area contributed by atoms with Gasteiger partial charge in [-0.25, -0.2) is 0 Å². The van der Waals surface area contributed by atoms with Crippen molar-refractivity contribution in [2.24, 2.45) is 5.92 Å². The third-order valence-corrected chi connectivity index (χ3v) is 4.64. The molecule has 120 valence electrons. The molecule has 2 atom stereocenters. The summed E-state index contributed by atoms with van der Waals surface area (Å²) >= 11 is 1.15. The van der Waals surface area contributed by atoms with Crippen LogP contribution in [0.5, 0.6) is 0 Å². The monoisotopic (exact) mass is 348 g/mol. The molecule has 2 N–H and O–H groups in total. The Hall–Kier alpha value is -0.800. The van der Waals surface area contributed by atoms with Crippen molar-refractivity contribution >= 4 is 29.5 Å². The summed E-state index contributed by atoms with van der Waals surface area (Å²) in [5.74, 6) is -2.13. The number of rotatable bonds is 7. The first-order valence-electron chi connectivity index (χ1n) is 7.00. The molecule has 2 aliphatic rings. The number of hydrogen-bond donors (Lipinski definition) is 2. The number of aliphatic hydroxyl groups is 1. The van der Waals surface area contributed by atoms with E-state index in [9.17, 15) is 19.5 Å². The summed E-state index contributed by atoms with van der Waals surface area (Å²) in [6.45, 7) is 1.62. The minimum atomic E-state index is -1.38. The molecule has 2 rings (SSSR count). The van der Waals surface area contributed by atoms with Crippen LogP contribution in [0.4, 0.5) is 0 Å². The Morgan fingerprint density at radius 1 is 1.52 bits per heavy atom. The number of aliphatic hydroxyl groups excluding tert-OH is 1. The Kier molecular flexibility index (Phi) is 7.82. The number of carboxylic acid groups (broad SMARTS) is 1.